The molecule has 1 saturated heterocycles. The highest BCUT2D eigenvalue weighted by Crippen LogP contribution is 2.48. The fourth-order valence-electron chi connectivity index (χ4n) is 3.56. The smallest absolute Gasteiger partial charge is 0.363 e. The van der Waals surface area contributed by atoms with Crippen LogP contribution in [0.5, 0.6) is 0 Å². The second-order valence-corrected chi connectivity index (χ2v) is 11.7. The molecule has 0 N–H and O–H groups in total. The van der Waals surface area contributed by atoms with E-state index in [4.69, 9.17) is 0 Å². The number of rotatable bonds is 3. The van der Waals surface area contributed by atoms with Crippen LogP contribution in [-0.4, -0.2) is 24.9 Å². The largest absolute Gasteiger partial charge is 0.416 e. The number of hydrogen-bond acceptors (Lipinski definition) is 1. The average Bonchev–Trinajstić information content (AvgIpc) is 2.98. The molecule has 29 heavy (non-hydrogen) atoms. The third kappa shape index (κ3) is 5.00. The van der Waals surface area contributed by atoms with Gasteiger partial charge in [-0.2, -0.15) is 13.2 Å². The summed E-state index contributed by atoms with van der Waals surface area (Å²) in [6, 6.07) is 26.8. The van der Waals surface area contributed by atoms with Crippen LogP contribution in [0.25, 0.3) is 0 Å². The summed E-state index contributed by atoms with van der Waals surface area (Å²) >= 11 is 0. The van der Waals surface area contributed by atoms with Gasteiger partial charge in [0.2, 0.25) is 0 Å². The van der Waals surface area contributed by atoms with Crippen LogP contribution in [0.1, 0.15) is 5.56 Å². The van der Waals surface area contributed by atoms with E-state index in [2.05, 4.69) is 53.4 Å². The topological polar surface area (TPSA) is 3.24 Å². The molecule has 0 aromatic heterocycles. The van der Waals surface area contributed by atoms with Crippen molar-refractivity contribution in [3.8, 4) is 0 Å². The van der Waals surface area contributed by atoms with Crippen molar-refractivity contribution in [2.24, 2.45) is 0 Å². The summed E-state index contributed by atoms with van der Waals surface area (Å²) in [5, 5.41) is 2.73. The zero-order chi connectivity index (χ0) is 20.3. The molecule has 0 saturated carbocycles. The first-order valence-electron chi connectivity index (χ1n) is 9.53. The van der Waals surface area contributed by atoms with E-state index in [-0.39, 0.29) is 15.8 Å². The first-order chi connectivity index (χ1) is 14.0. The molecular weight excluding hydrogens is 409 g/mol. The molecular formula is C23H22F3NP2. The summed E-state index contributed by atoms with van der Waals surface area (Å²) in [5.41, 5.74) is 0.290. The molecule has 3 aromatic rings. The van der Waals surface area contributed by atoms with Crippen molar-refractivity contribution in [3.63, 3.8) is 0 Å². The van der Waals surface area contributed by atoms with Crippen molar-refractivity contribution in [2.45, 2.75) is 6.18 Å². The van der Waals surface area contributed by atoms with E-state index in [0.717, 1.165) is 30.6 Å². The van der Waals surface area contributed by atoms with Crippen LogP contribution in [0.15, 0.2) is 84.9 Å². The molecule has 0 radical (unpaired) electrons. The normalized spacial score (nSPS) is 20.3. The molecule has 1 aliphatic rings. The number of hydrogen-bond donors (Lipinski definition) is 0. The molecule has 0 amide bonds. The fourth-order valence-corrected chi connectivity index (χ4v) is 9.32. The number of nitrogens with zero attached hydrogens (tertiary/aromatic N) is 1. The second-order valence-electron chi connectivity index (χ2n) is 7.07. The van der Waals surface area contributed by atoms with E-state index >= 15 is 0 Å². The van der Waals surface area contributed by atoms with Crippen LogP contribution < -0.4 is 15.5 Å². The Labute approximate surface area is 172 Å². The van der Waals surface area contributed by atoms with E-state index in [1.807, 2.05) is 12.1 Å². The Kier molecular flexibility index (Phi) is 6.23. The Morgan fingerprint density at radius 1 is 0.621 bits per heavy atom. The Balaban J connectivity index is 1.64. The predicted molar refractivity (Wildman–Crippen MR) is 119 cm³/mol. The van der Waals surface area contributed by atoms with Gasteiger partial charge in [-0.3, -0.25) is 0 Å². The van der Waals surface area contributed by atoms with Gasteiger partial charge in [-0.05, 0) is 47.2 Å². The van der Waals surface area contributed by atoms with Crippen molar-refractivity contribution in [3.05, 3.63) is 90.5 Å². The Hall–Kier alpha value is -1.89. The van der Waals surface area contributed by atoms with Crippen LogP contribution in [0.2, 0.25) is 0 Å². The minimum atomic E-state index is -4.30. The summed E-state index contributed by atoms with van der Waals surface area (Å²) in [4.78, 5) is 2.31. The standard InChI is InChI=1S/C23H22F3NP2/c24-23(25,26)19-11-13-20(14-12-19)27-17-28(21-7-3-1-4-8-21)15-16-29(18-27)22-9-5-2-6-10-22/h1-14H,15-18H2. The van der Waals surface area contributed by atoms with E-state index < -0.39 is 11.7 Å². The van der Waals surface area contributed by atoms with E-state index in [1.54, 1.807) is 12.1 Å². The predicted octanol–water partition coefficient (Wildman–Crippen LogP) is 6.06. The van der Waals surface area contributed by atoms with Gasteiger partial charge in [0.1, 0.15) is 0 Å². The van der Waals surface area contributed by atoms with Crippen LogP contribution in [-0.2, 0) is 6.18 Å². The Morgan fingerprint density at radius 2 is 1.07 bits per heavy atom. The minimum absolute atomic E-state index is 0.384. The number of anilines is 1. The molecule has 2 atom stereocenters. The van der Waals surface area contributed by atoms with Gasteiger partial charge in [0.05, 0.1) is 5.56 Å². The Morgan fingerprint density at radius 3 is 1.48 bits per heavy atom. The summed E-state index contributed by atoms with van der Waals surface area (Å²) < 4.78 is 39.0. The van der Waals surface area contributed by atoms with Gasteiger partial charge in [0.15, 0.2) is 0 Å². The molecule has 3 aromatic carbocycles. The lowest BCUT2D eigenvalue weighted by Crippen LogP contribution is -2.26. The average molecular weight is 431 g/mol. The molecule has 2 unspecified atom stereocenters. The molecule has 0 aliphatic carbocycles. The maximum atomic E-state index is 13.0. The van der Waals surface area contributed by atoms with Gasteiger partial charge in [-0.25, -0.2) is 0 Å². The summed E-state index contributed by atoms with van der Waals surface area (Å²) in [5.74, 6) is 0. The lowest BCUT2D eigenvalue weighted by Gasteiger charge is -2.29. The lowest BCUT2D eigenvalue weighted by molar-refractivity contribution is -0.137. The highest BCUT2D eigenvalue weighted by molar-refractivity contribution is 7.70. The third-order valence-electron chi connectivity index (χ3n) is 5.13. The monoisotopic (exact) mass is 431 g/mol. The molecule has 1 heterocycles. The molecule has 1 nitrogen and oxygen atoms in total. The molecule has 0 spiro atoms. The molecule has 6 heteroatoms. The van der Waals surface area contributed by atoms with E-state index in [1.165, 1.54) is 22.7 Å². The van der Waals surface area contributed by atoms with Gasteiger partial charge in [0, 0.05) is 18.3 Å². The fraction of sp³-hybridized carbons (Fsp3) is 0.217. The molecule has 0 bridgehead atoms. The van der Waals surface area contributed by atoms with Gasteiger partial charge in [-0.1, -0.05) is 76.5 Å². The highest BCUT2D eigenvalue weighted by Gasteiger charge is 2.31. The lowest BCUT2D eigenvalue weighted by atomic mass is 10.2. The van der Waals surface area contributed by atoms with Crippen LogP contribution in [0.4, 0.5) is 18.9 Å². The summed E-state index contributed by atoms with van der Waals surface area (Å²) in [7, 11) is -0.767. The quantitative estimate of drug-likeness (QED) is 0.456. The SMILES string of the molecule is FC(F)(F)c1ccc(N2CP(c3ccccc3)CCP(c3ccccc3)C2)cc1. The zero-order valence-corrected chi connectivity index (χ0v) is 17.7. The Bertz CT molecular complexity index is 865. The summed E-state index contributed by atoms with van der Waals surface area (Å²) in [6.07, 6.45) is -0.231. The van der Waals surface area contributed by atoms with E-state index in [0.29, 0.717) is 0 Å². The number of alkyl halides is 3. The first-order valence-corrected chi connectivity index (χ1v) is 13.0. The van der Waals surface area contributed by atoms with Crippen LogP contribution in [0.3, 0.4) is 0 Å². The summed E-state index contributed by atoms with van der Waals surface area (Å²) in [6.45, 7) is 0. The van der Waals surface area contributed by atoms with Crippen LogP contribution in [0, 0.1) is 0 Å². The number of halogens is 3. The van der Waals surface area contributed by atoms with E-state index in [9.17, 15) is 13.2 Å². The van der Waals surface area contributed by atoms with Crippen LogP contribution >= 0.6 is 15.8 Å². The molecule has 1 fully saturated rings. The van der Waals surface area contributed by atoms with Gasteiger partial charge in [0.25, 0.3) is 0 Å². The molecule has 1 aliphatic heterocycles. The minimum Gasteiger partial charge on any atom is -0.363 e. The first kappa shape index (κ1) is 20.4. The van der Waals surface area contributed by atoms with Crippen molar-refractivity contribution in [2.75, 3.05) is 29.8 Å². The van der Waals surface area contributed by atoms with Crippen molar-refractivity contribution < 1.29 is 13.2 Å². The van der Waals surface area contributed by atoms with Gasteiger partial charge < -0.3 is 4.90 Å². The van der Waals surface area contributed by atoms with Crippen molar-refractivity contribution in [1.29, 1.82) is 0 Å². The molecule has 150 valence electrons. The molecule has 4 rings (SSSR count). The van der Waals surface area contributed by atoms with Gasteiger partial charge in [-0.15, -0.1) is 0 Å². The van der Waals surface area contributed by atoms with Gasteiger partial charge >= 0.3 is 6.18 Å². The van der Waals surface area contributed by atoms with Crippen molar-refractivity contribution >= 4 is 32.1 Å². The maximum Gasteiger partial charge on any atom is 0.416 e. The number of benzene rings is 3. The third-order valence-corrected chi connectivity index (χ3v) is 10.4. The highest BCUT2D eigenvalue weighted by atomic mass is 31.1. The second kappa shape index (κ2) is 8.86. The van der Waals surface area contributed by atoms with Crippen molar-refractivity contribution in [1.82, 2.24) is 0 Å². The zero-order valence-electron chi connectivity index (χ0n) is 15.9. The maximum absolute atomic E-state index is 13.0.